The third-order valence-corrected chi connectivity index (χ3v) is 7.30. The van der Waals surface area contributed by atoms with Crippen molar-refractivity contribution >= 4 is 34.7 Å². The number of carbonyl (C=O) groups excluding carboxylic acids is 2. The average Bonchev–Trinajstić information content (AvgIpc) is 2.99. The Hall–Kier alpha value is -3.31. The minimum Gasteiger partial charge on any atom is -0.372 e. The van der Waals surface area contributed by atoms with Crippen molar-refractivity contribution in [2.75, 3.05) is 16.9 Å². The molecule has 5 rings (SSSR count). The van der Waals surface area contributed by atoms with E-state index in [1.165, 1.54) is 4.90 Å². The summed E-state index contributed by atoms with van der Waals surface area (Å²) in [6.07, 6.45) is 3.34. The van der Waals surface area contributed by atoms with Crippen LogP contribution in [0.2, 0.25) is 0 Å². The van der Waals surface area contributed by atoms with Gasteiger partial charge in [0, 0.05) is 33.7 Å². The molecule has 1 aliphatic heterocycles. The van der Waals surface area contributed by atoms with E-state index in [0.717, 1.165) is 34.6 Å². The largest absolute Gasteiger partial charge is 0.372 e. The van der Waals surface area contributed by atoms with Crippen LogP contribution < -0.4 is 10.6 Å². The number of thioether (sulfide) groups is 1. The first-order chi connectivity index (χ1) is 16.3. The molecule has 34 heavy (non-hydrogen) atoms. The summed E-state index contributed by atoms with van der Waals surface area (Å²) in [6.45, 7) is 4.26. The molecule has 1 aliphatic carbocycles. The number of anilines is 2. The number of fused-ring (bicyclic) bond motifs is 1. The number of hydrogen-bond acceptors (Lipinski definition) is 5. The van der Waals surface area contributed by atoms with Crippen LogP contribution in [0.4, 0.5) is 11.4 Å². The molecule has 0 bridgehead atoms. The maximum atomic E-state index is 13.4. The summed E-state index contributed by atoms with van der Waals surface area (Å²) in [5.41, 5.74) is 5.64. The molecule has 1 atom stereocenters. The summed E-state index contributed by atoms with van der Waals surface area (Å²) in [6, 6.07) is 23.1. The molecule has 0 radical (unpaired) electrons. The van der Waals surface area contributed by atoms with Crippen molar-refractivity contribution in [2.24, 2.45) is 5.41 Å². The van der Waals surface area contributed by atoms with Gasteiger partial charge in [0.1, 0.15) is 0 Å². The molecule has 0 amide bonds. The zero-order valence-electron chi connectivity index (χ0n) is 19.6. The second-order valence-corrected chi connectivity index (χ2v) is 10.6. The summed E-state index contributed by atoms with van der Waals surface area (Å²) in [5, 5.41) is 7.17. The highest BCUT2D eigenvalue weighted by Gasteiger charge is 2.38. The van der Waals surface area contributed by atoms with Crippen LogP contribution in [-0.4, -0.2) is 17.8 Å². The summed E-state index contributed by atoms with van der Waals surface area (Å²) in [7, 11) is 0. The van der Waals surface area contributed by atoms with Gasteiger partial charge in [0.05, 0.1) is 17.4 Å². The van der Waals surface area contributed by atoms with Gasteiger partial charge in [0.2, 0.25) is 0 Å². The van der Waals surface area contributed by atoms with Crippen LogP contribution in [0.1, 0.15) is 54.2 Å². The maximum absolute atomic E-state index is 13.4. The molecule has 1 heterocycles. The Bertz CT molecular complexity index is 1290. The number of benzene rings is 3. The number of hydrogen-bond donors (Lipinski definition) is 2. The van der Waals surface area contributed by atoms with Crippen molar-refractivity contribution in [3.8, 4) is 0 Å². The molecule has 3 aromatic rings. The standard InChI is InChI=1S/C29H28N2O2S/c1-29(2)16-24-26(25(32)17-29)27(18-9-12-21(34-3)13-10-18)31-22-14-11-20(15-23(22)30-24)28(33)19-7-5-4-6-8-19/h4-15,27,30-31H,16-17H2,1-3H3/t27-/m0/s1. The van der Waals surface area contributed by atoms with E-state index < -0.39 is 0 Å². The second-order valence-electron chi connectivity index (χ2n) is 9.76. The third-order valence-electron chi connectivity index (χ3n) is 6.56. The van der Waals surface area contributed by atoms with E-state index in [2.05, 4.69) is 55.0 Å². The molecule has 0 saturated carbocycles. The van der Waals surface area contributed by atoms with Gasteiger partial charge in [-0.3, -0.25) is 9.59 Å². The van der Waals surface area contributed by atoms with Gasteiger partial charge >= 0.3 is 0 Å². The van der Waals surface area contributed by atoms with E-state index in [9.17, 15) is 9.59 Å². The van der Waals surface area contributed by atoms with Crippen LogP contribution in [-0.2, 0) is 4.79 Å². The monoisotopic (exact) mass is 468 g/mol. The van der Waals surface area contributed by atoms with E-state index in [1.54, 1.807) is 11.8 Å². The Labute approximate surface area is 204 Å². The Kier molecular flexibility index (Phi) is 5.82. The maximum Gasteiger partial charge on any atom is 0.193 e. The van der Waals surface area contributed by atoms with Crippen molar-refractivity contribution in [3.63, 3.8) is 0 Å². The van der Waals surface area contributed by atoms with E-state index in [4.69, 9.17) is 0 Å². The van der Waals surface area contributed by atoms with Gasteiger partial charge in [-0.05, 0) is 54.0 Å². The Morgan fingerprint density at radius 1 is 0.912 bits per heavy atom. The van der Waals surface area contributed by atoms with Crippen LogP contribution in [0.25, 0.3) is 0 Å². The van der Waals surface area contributed by atoms with Crippen LogP contribution in [0.3, 0.4) is 0 Å². The van der Waals surface area contributed by atoms with Crippen molar-refractivity contribution in [1.82, 2.24) is 0 Å². The fourth-order valence-electron chi connectivity index (χ4n) is 4.89. The molecule has 2 N–H and O–H groups in total. The molecule has 0 fully saturated rings. The van der Waals surface area contributed by atoms with E-state index in [1.807, 2.05) is 48.5 Å². The summed E-state index contributed by atoms with van der Waals surface area (Å²) in [4.78, 5) is 27.7. The van der Waals surface area contributed by atoms with Gasteiger partial charge < -0.3 is 10.6 Å². The smallest absolute Gasteiger partial charge is 0.193 e. The molecule has 0 saturated heterocycles. The third kappa shape index (κ3) is 4.28. The number of nitrogens with one attached hydrogen (secondary N) is 2. The Morgan fingerprint density at radius 3 is 2.35 bits per heavy atom. The average molecular weight is 469 g/mol. The highest BCUT2D eigenvalue weighted by Crippen LogP contribution is 2.45. The lowest BCUT2D eigenvalue weighted by molar-refractivity contribution is -0.118. The fourth-order valence-corrected chi connectivity index (χ4v) is 5.30. The SMILES string of the molecule is CSc1ccc([C@@H]2Nc3ccc(C(=O)c4ccccc4)cc3NC3=C2C(=O)CC(C)(C)C3)cc1. The predicted molar refractivity (Wildman–Crippen MR) is 140 cm³/mol. The minimum absolute atomic E-state index is 0.0205. The second kappa shape index (κ2) is 8.80. The number of ketones is 2. The summed E-state index contributed by atoms with van der Waals surface area (Å²) < 4.78 is 0. The Morgan fingerprint density at radius 2 is 1.65 bits per heavy atom. The molecule has 0 spiro atoms. The molecule has 0 aromatic heterocycles. The van der Waals surface area contributed by atoms with Gasteiger partial charge in [-0.15, -0.1) is 11.8 Å². The number of carbonyl (C=O) groups is 2. The molecule has 4 nitrogen and oxygen atoms in total. The lowest BCUT2D eigenvalue weighted by atomic mass is 9.73. The van der Waals surface area contributed by atoms with Gasteiger partial charge in [0.15, 0.2) is 11.6 Å². The molecular weight excluding hydrogens is 440 g/mol. The van der Waals surface area contributed by atoms with Crippen LogP contribution in [0.5, 0.6) is 0 Å². The summed E-state index contributed by atoms with van der Waals surface area (Å²) in [5.74, 6) is 0.145. The zero-order chi connectivity index (χ0) is 23.9. The highest BCUT2D eigenvalue weighted by atomic mass is 32.2. The van der Waals surface area contributed by atoms with Crippen molar-refractivity contribution in [1.29, 1.82) is 0 Å². The molecule has 5 heteroatoms. The van der Waals surface area contributed by atoms with Crippen molar-refractivity contribution in [2.45, 2.75) is 37.6 Å². The number of Topliss-reactive ketones (excluding diaryl/α,β-unsaturated/α-hetero) is 1. The lowest BCUT2D eigenvalue weighted by Crippen LogP contribution is -2.31. The van der Waals surface area contributed by atoms with E-state index in [-0.39, 0.29) is 23.0 Å². The number of allylic oxidation sites excluding steroid dienone is 1. The topological polar surface area (TPSA) is 58.2 Å². The van der Waals surface area contributed by atoms with Gasteiger partial charge in [-0.25, -0.2) is 0 Å². The summed E-state index contributed by atoms with van der Waals surface area (Å²) >= 11 is 1.70. The quantitative estimate of drug-likeness (QED) is 0.323. The minimum atomic E-state index is -0.251. The molecule has 3 aromatic carbocycles. The normalized spacial score (nSPS) is 18.8. The first-order valence-corrected chi connectivity index (χ1v) is 12.7. The van der Waals surface area contributed by atoms with E-state index in [0.29, 0.717) is 17.5 Å². The Balaban J connectivity index is 1.59. The lowest BCUT2D eigenvalue weighted by Gasteiger charge is -2.34. The van der Waals surface area contributed by atoms with Crippen molar-refractivity contribution < 1.29 is 9.59 Å². The molecule has 172 valence electrons. The van der Waals surface area contributed by atoms with Crippen LogP contribution in [0, 0.1) is 5.41 Å². The fraction of sp³-hybridized carbons (Fsp3) is 0.241. The number of rotatable bonds is 4. The molecule has 0 unspecified atom stereocenters. The molecular formula is C29H28N2O2S. The van der Waals surface area contributed by atoms with Crippen LogP contribution in [0.15, 0.2) is 89.0 Å². The van der Waals surface area contributed by atoms with Gasteiger partial charge in [-0.1, -0.05) is 56.3 Å². The van der Waals surface area contributed by atoms with Crippen molar-refractivity contribution in [3.05, 3.63) is 101 Å². The highest BCUT2D eigenvalue weighted by molar-refractivity contribution is 7.98. The van der Waals surface area contributed by atoms with E-state index >= 15 is 0 Å². The first kappa shape index (κ1) is 22.5. The predicted octanol–water partition coefficient (Wildman–Crippen LogP) is 6.86. The van der Waals surface area contributed by atoms with Gasteiger partial charge in [-0.2, -0.15) is 0 Å². The zero-order valence-corrected chi connectivity index (χ0v) is 20.5. The van der Waals surface area contributed by atoms with Gasteiger partial charge in [0.25, 0.3) is 0 Å². The van der Waals surface area contributed by atoms with Crippen LogP contribution >= 0.6 is 11.8 Å². The first-order valence-electron chi connectivity index (χ1n) is 11.5. The molecule has 2 aliphatic rings.